The summed E-state index contributed by atoms with van der Waals surface area (Å²) in [7, 11) is 0. The van der Waals surface area contributed by atoms with Gasteiger partial charge in [-0.05, 0) is 50.7 Å². The number of halogens is 2. The Morgan fingerprint density at radius 2 is 2.12 bits per heavy atom. The molecule has 0 amide bonds. The smallest absolute Gasteiger partial charge is 0.306 e. The van der Waals surface area contributed by atoms with Gasteiger partial charge in [0.25, 0.3) is 0 Å². The maximum atomic E-state index is 17.3. The van der Waals surface area contributed by atoms with Crippen molar-refractivity contribution < 1.29 is 35.5 Å². The van der Waals surface area contributed by atoms with Gasteiger partial charge in [-0.3, -0.25) is 14.4 Å². The molecular formula is C25H32ClFO5. The number of allylic oxidation sites excluding steroid dienone is 4. The van der Waals surface area contributed by atoms with E-state index in [2.05, 4.69) is 0 Å². The van der Waals surface area contributed by atoms with Crippen LogP contribution in [0.1, 0.15) is 66.5 Å². The molecule has 4 rings (SSSR count). The van der Waals surface area contributed by atoms with Crippen LogP contribution in [0.15, 0.2) is 23.8 Å². The molecule has 8 atom stereocenters. The van der Waals surface area contributed by atoms with E-state index in [4.69, 9.17) is 23.2 Å². The SMILES string of the molecule is [2H]C([2H])([2H])C([2H])([2H])C(=O)O[C@]1(C(=O)CCl)[C@@H](C)CC2[C@@H]3CCC4=CC(=O)C=C[C@]4(C)[C@@]3(F)[C@@H](O)C[C@@]21C. The molecule has 0 aromatic carbocycles. The molecule has 7 heteroatoms. The van der Waals surface area contributed by atoms with E-state index in [1.807, 2.05) is 0 Å². The molecule has 32 heavy (non-hydrogen) atoms. The first-order valence-corrected chi connectivity index (χ1v) is 11.5. The number of fused-ring (bicyclic) bond motifs is 5. The van der Waals surface area contributed by atoms with Gasteiger partial charge >= 0.3 is 5.97 Å². The highest BCUT2D eigenvalue weighted by atomic mass is 35.5. The molecule has 0 spiro atoms. The Morgan fingerprint density at radius 1 is 1.41 bits per heavy atom. The first-order chi connectivity index (χ1) is 16.8. The first kappa shape index (κ1) is 17.9. The van der Waals surface area contributed by atoms with Crippen molar-refractivity contribution in [2.75, 3.05) is 5.88 Å². The van der Waals surface area contributed by atoms with Gasteiger partial charge < -0.3 is 9.84 Å². The van der Waals surface area contributed by atoms with Crippen molar-refractivity contribution in [1.29, 1.82) is 0 Å². The van der Waals surface area contributed by atoms with Crippen molar-refractivity contribution >= 4 is 29.1 Å². The van der Waals surface area contributed by atoms with Gasteiger partial charge in [-0.25, -0.2) is 4.39 Å². The molecule has 0 saturated heterocycles. The number of hydrogen-bond donors (Lipinski definition) is 1. The number of carbonyl (C=O) groups is 3. The predicted molar refractivity (Wildman–Crippen MR) is 118 cm³/mol. The molecule has 0 radical (unpaired) electrons. The number of ketones is 2. The Balaban J connectivity index is 1.84. The summed E-state index contributed by atoms with van der Waals surface area (Å²) in [4.78, 5) is 38.5. The molecule has 1 unspecified atom stereocenters. The van der Waals surface area contributed by atoms with E-state index in [0.29, 0.717) is 12.0 Å². The second-order valence-electron chi connectivity index (χ2n) is 10.2. The monoisotopic (exact) mass is 471 g/mol. The summed E-state index contributed by atoms with van der Waals surface area (Å²) >= 11 is 5.96. The summed E-state index contributed by atoms with van der Waals surface area (Å²) in [6.07, 6.45) is -0.252. The van der Waals surface area contributed by atoms with E-state index in [1.54, 1.807) is 20.8 Å². The van der Waals surface area contributed by atoms with Crippen LogP contribution < -0.4 is 0 Å². The molecule has 0 bridgehead atoms. The van der Waals surface area contributed by atoms with Crippen molar-refractivity contribution in [2.45, 2.75) is 77.1 Å². The van der Waals surface area contributed by atoms with Crippen LogP contribution in [0.4, 0.5) is 4.39 Å². The van der Waals surface area contributed by atoms with E-state index in [1.165, 1.54) is 18.2 Å². The van der Waals surface area contributed by atoms with Crippen LogP contribution in [-0.2, 0) is 19.1 Å². The lowest BCUT2D eigenvalue weighted by Gasteiger charge is -2.62. The lowest BCUT2D eigenvalue weighted by atomic mass is 9.44. The van der Waals surface area contributed by atoms with Crippen molar-refractivity contribution in [2.24, 2.45) is 28.6 Å². The minimum absolute atomic E-state index is 0.212. The van der Waals surface area contributed by atoms with Crippen LogP contribution in [0.3, 0.4) is 0 Å². The molecule has 0 aliphatic heterocycles. The number of esters is 1. The number of ether oxygens (including phenoxy) is 1. The molecule has 4 aliphatic carbocycles. The Labute approximate surface area is 200 Å². The average molecular weight is 472 g/mol. The molecule has 5 nitrogen and oxygen atoms in total. The highest BCUT2D eigenvalue weighted by molar-refractivity contribution is 6.29. The van der Waals surface area contributed by atoms with Gasteiger partial charge in [-0.1, -0.05) is 32.3 Å². The summed E-state index contributed by atoms with van der Waals surface area (Å²) in [5.74, 6) is -5.44. The fourth-order valence-electron chi connectivity index (χ4n) is 7.67. The maximum Gasteiger partial charge on any atom is 0.306 e. The number of aliphatic hydroxyl groups is 1. The highest BCUT2D eigenvalue weighted by Gasteiger charge is 2.77. The van der Waals surface area contributed by atoms with Crippen LogP contribution in [0.25, 0.3) is 0 Å². The standard InChI is InChI=1S/C25H32ClFO5/c1-5-21(31)32-25(20(30)13-26)14(2)10-18-17-7-6-15-11-16(28)8-9-22(15,3)24(17,27)19(29)12-23(18,25)4/h8-9,11,14,17-19,29H,5-7,10,12-13H2,1-4H3/t14-,17-,18?,19-,22-,23-,24-,25-/m0/s1/i1D3,5D2. The van der Waals surface area contributed by atoms with Crippen LogP contribution in [0.2, 0.25) is 0 Å². The van der Waals surface area contributed by atoms with E-state index in [0.717, 1.165) is 0 Å². The van der Waals surface area contributed by atoms with Gasteiger partial charge in [0.1, 0.15) is 0 Å². The third-order valence-corrected chi connectivity index (χ3v) is 9.32. The molecule has 0 aromatic rings. The molecule has 176 valence electrons. The van der Waals surface area contributed by atoms with Crippen LogP contribution >= 0.6 is 11.6 Å². The summed E-state index contributed by atoms with van der Waals surface area (Å²) in [6, 6.07) is 0. The maximum absolute atomic E-state index is 17.3. The second-order valence-corrected chi connectivity index (χ2v) is 10.5. The molecule has 3 saturated carbocycles. The number of Topliss-reactive ketones (excluding diaryl/α,β-unsaturated/α-hetero) is 1. The Kier molecular flexibility index (Phi) is 4.19. The number of hydrogen-bond acceptors (Lipinski definition) is 5. The lowest BCUT2D eigenvalue weighted by Crippen LogP contribution is -2.70. The van der Waals surface area contributed by atoms with Crippen molar-refractivity contribution in [3.8, 4) is 0 Å². The van der Waals surface area contributed by atoms with Gasteiger partial charge in [0.15, 0.2) is 22.8 Å². The summed E-state index contributed by atoms with van der Waals surface area (Å²) in [5.41, 5.74) is -6.27. The summed E-state index contributed by atoms with van der Waals surface area (Å²) in [6.45, 7) is 1.53. The summed E-state index contributed by atoms with van der Waals surface area (Å²) in [5, 5.41) is 11.5. The normalized spacial score (nSPS) is 50.4. The Morgan fingerprint density at radius 3 is 2.78 bits per heavy atom. The van der Waals surface area contributed by atoms with Gasteiger partial charge in [0, 0.05) is 35.9 Å². The number of rotatable bonds is 4. The largest absolute Gasteiger partial charge is 0.450 e. The quantitative estimate of drug-likeness (QED) is 0.493. The number of carbonyl (C=O) groups excluding carboxylic acids is 3. The predicted octanol–water partition coefficient (Wildman–Crippen LogP) is 4.10. The zero-order valence-corrected chi connectivity index (χ0v) is 19.2. The van der Waals surface area contributed by atoms with Crippen LogP contribution in [-0.4, -0.2) is 45.9 Å². The number of alkyl halides is 2. The minimum Gasteiger partial charge on any atom is -0.450 e. The molecule has 1 N–H and O–H groups in total. The third-order valence-electron chi connectivity index (χ3n) is 9.07. The van der Waals surface area contributed by atoms with E-state index in [9.17, 15) is 19.5 Å². The third kappa shape index (κ3) is 2.68. The number of aliphatic hydroxyl groups excluding tert-OH is 1. The molecule has 0 aromatic heterocycles. The molecule has 4 aliphatic rings. The van der Waals surface area contributed by atoms with E-state index >= 15 is 4.39 Å². The lowest BCUT2D eigenvalue weighted by molar-refractivity contribution is -0.227. The van der Waals surface area contributed by atoms with Gasteiger partial charge in [-0.15, -0.1) is 11.6 Å². The Bertz CT molecular complexity index is 1110. The zero-order valence-electron chi connectivity index (χ0n) is 23.4. The van der Waals surface area contributed by atoms with Gasteiger partial charge in [0.05, 0.1) is 12.0 Å². The first-order valence-electron chi connectivity index (χ1n) is 13.5. The fraction of sp³-hybridized carbons (Fsp3) is 0.720. The Hall–Kier alpha value is -1.53. The second kappa shape index (κ2) is 7.49. The molecular weight excluding hydrogens is 435 g/mol. The van der Waals surface area contributed by atoms with E-state index < -0.39 is 76.8 Å². The van der Waals surface area contributed by atoms with Crippen LogP contribution in [0.5, 0.6) is 0 Å². The summed E-state index contributed by atoms with van der Waals surface area (Å²) < 4.78 is 61.1. The fourth-order valence-corrected chi connectivity index (χ4v) is 7.87. The topological polar surface area (TPSA) is 80.7 Å². The van der Waals surface area contributed by atoms with Gasteiger partial charge in [-0.2, -0.15) is 0 Å². The molecule has 3 fully saturated rings. The van der Waals surface area contributed by atoms with E-state index in [-0.39, 0.29) is 25.0 Å². The van der Waals surface area contributed by atoms with Crippen molar-refractivity contribution in [3.05, 3.63) is 23.8 Å². The van der Waals surface area contributed by atoms with Crippen molar-refractivity contribution in [3.63, 3.8) is 0 Å². The minimum atomic E-state index is -3.41. The highest BCUT2D eigenvalue weighted by Crippen LogP contribution is 2.71. The van der Waals surface area contributed by atoms with Crippen molar-refractivity contribution in [1.82, 2.24) is 0 Å². The average Bonchev–Trinajstić information content (AvgIpc) is 3.01. The van der Waals surface area contributed by atoms with Gasteiger partial charge in [0.2, 0.25) is 0 Å². The zero-order chi connectivity index (χ0) is 28.0. The molecule has 0 heterocycles. The van der Waals surface area contributed by atoms with Crippen LogP contribution in [0, 0.1) is 28.6 Å².